The molecule has 1 atom stereocenters. The van der Waals surface area contributed by atoms with Crippen molar-refractivity contribution in [1.82, 2.24) is 15.1 Å². The Morgan fingerprint density at radius 2 is 2.42 bits per heavy atom. The Balaban J connectivity index is 1.72. The summed E-state index contributed by atoms with van der Waals surface area (Å²) in [7, 11) is 0. The fourth-order valence-corrected chi connectivity index (χ4v) is 2.61. The van der Waals surface area contributed by atoms with Gasteiger partial charge in [0, 0.05) is 24.8 Å². The molecule has 3 heterocycles. The molecule has 0 aromatic carbocycles. The third-order valence-corrected chi connectivity index (χ3v) is 3.46. The summed E-state index contributed by atoms with van der Waals surface area (Å²) in [5.74, 6) is 0.682. The Hall–Kier alpha value is -1.88. The lowest BCUT2D eigenvalue weighted by atomic mass is 10.0. The Kier molecular flexibility index (Phi) is 3.21. The molecule has 0 saturated carbocycles. The molecular formula is C14H17N3O2. The van der Waals surface area contributed by atoms with Crippen LogP contribution < -0.4 is 10.9 Å². The van der Waals surface area contributed by atoms with Gasteiger partial charge < -0.3 is 9.73 Å². The number of hydrogen-bond donors (Lipinski definition) is 1. The van der Waals surface area contributed by atoms with Crippen LogP contribution in [0.2, 0.25) is 0 Å². The maximum atomic E-state index is 11.3. The highest BCUT2D eigenvalue weighted by Gasteiger charge is 2.20. The molecule has 1 N–H and O–H groups in total. The van der Waals surface area contributed by atoms with Crippen molar-refractivity contribution in [2.75, 3.05) is 0 Å². The summed E-state index contributed by atoms with van der Waals surface area (Å²) in [5, 5.41) is 7.73. The predicted octanol–water partition coefficient (Wildman–Crippen LogP) is 1.77. The third-order valence-electron chi connectivity index (χ3n) is 3.46. The molecule has 0 spiro atoms. The smallest absolute Gasteiger partial charge is 0.336 e. The van der Waals surface area contributed by atoms with E-state index in [1.807, 2.05) is 29.9 Å². The maximum absolute atomic E-state index is 11.3. The van der Waals surface area contributed by atoms with E-state index in [0.29, 0.717) is 12.3 Å². The van der Waals surface area contributed by atoms with Crippen LogP contribution in [0.25, 0.3) is 0 Å². The topological polar surface area (TPSA) is 60.1 Å². The van der Waals surface area contributed by atoms with Crippen molar-refractivity contribution in [3.63, 3.8) is 0 Å². The van der Waals surface area contributed by atoms with Crippen LogP contribution >= 0.6 is 0 Å². The monoisotopic (exact) mass is 259 g/mol. The molecular weight excluding hydrogens is 242 g/mol. The molecule has 100 valence electrons. The van der Waals surface area contributed by atoms with Crippen molar-refractivity contribution in [3.05, 3.63) is 51.8 Å². The van der Waals surface area contributed by atoms with Gasteiger partial charge in [-0.25, -0.2) is 4.79 Å². The Morgan fingerprint density at radius 1 is 1.53 bits per heavy atom. The Bertz CT molecular complexity index is 630. The van der Waals surface area contributed by atoms with E-state index in [0.717, 1.165) is 24.9 Å². The highest BCUT2D eigenvalue weighted by Crippen LogP contribution is 2.24. The zero-order chi connectivity index (χ0) is 13.2. The number of hydrogen-bond acceptors (Lipinski definition) is 4. The lowest BCUT2D eigenvalue weighted by Gasteiger charge is -2.24. The van der Waals surface area contributed by atoms with Crippen molar-refractivity contribution in [2.45, 2.75) is 38.9 Å². The van der Waals surface area contributed by atoms with E-state index in [4.69, 9.17) is 4.42 Å². The molecule has 19 heavy (non-hydrogen) atoms. The number of nitrogens with zero attached hydrogens (tertiary/aromatic N) is 2. The SMILES string of the molecule is Cc1cc(CNC2CCCn3nccc32)oc(=O)c1. The molecule has 0 amide bonds. The maximum Gasteiger partial charge on any atom is 0.336 e. The van der Waals surface area contributed by atoms with Gasteiger partial charge in [0.15, 0.2) is 0 Å². The molecule has 2 aromatic heterocycles. The molecule has 1 unspecified atom stereocenters. The van der Waals surface area contributed by atoms with Crippen molar-refractivity contribution in [3.8, 4) is 0 Å². The second kappa shape index (κ2) is 5.01. The minimum atomic E-state index is -0.287. The minimum absolute atomic E-state index is 0.280. The van der Waals surface area contributed by atoms with Gasteiger partial charge in [-0.2, -0.15) is 5.10 Å². The number of aromatic nitrogens is 2. The van der Waals surface area contributed by atoms with Gasteiger partial charge in [-0.05, 0) is 37.5 Å². The van der Waals surface area contributed by atoms with Gasteiger partial charge in [0.1, 0.15) is 5.76 Å². The van der Waals surface area contributed by atoms with E-state index in [1.165, 1.54) is 11.8 Å². The first-order valence-corrected chi connectivity index (χ1v) is 6.58. The van der Waals surface area contributed by atoms with E-state index in [-0.39, 0.29) is 11.7 Å². The molecule has 3 rings (SSSR count). The van der Waals surface area contributed by atoms with Crippen molar-refractivity contribution in [1.29, 1.82) is 0 Å². The average Bonchev–Trinajstić information content (AvgIpc) is 2.83. The zero-order valence-corrected chi connectivity index (χ0v) is 10.9. The zero-order valence-electron chi connectivity index (χ0n) is 10.9. The van der Waals surface area contributed by atoms with Gasteiger partial charge >= 0.3 is 5.63 Å². The van der Waals surface area contributed by atoms with Crippen LogP contribution in [0.3, 0.4) is 0 Å². The van der Waals surface area contributed by atoms with Gasteiger partial charge in [0.05, 0.1) is 12.2 Å². The lowest BCUT2D eigenvalue weighted by molar-refractivity contribution is 0.353. The molecule has 0 bridgehead atoms. The summed E-state index contributed by atoms with van der Waals surface area (Å²) in [4.78, 5) is 11.3. The minimum Gasteiger partial charge on any atom is -0.427 e. The van der Waals surface area contributed by atoms with Gasteiger partial charge in [-0.1, -0.05) is 0 Å². The van der Waals surface area contributed by atoms with E-state index < -0.39 is 0 Å². The molecule has 0 radical (unpaired) electrons. The Morgan fingerprint density at radius 3 is 3.26 bits per heavy atom. The highest BCUT2D eigenvalue weighted by atomic mass is 16.4. The van der Waals surface area contributed by atoms with Gasteiger partial charge in [0.2, 0.25) is 0 Å². The van der Waals surface area contributed by atoms with E-state index in [9.17, 15) is 4.79 Å². The molecule has 5 heteroatoms. The molecule has 5 nitrogen and oxygen atoms in total. The summed E-state index contributed by atoms with van der Waals surface area (Å²) in [6.45, 7) is 3.45. The van der Waals surface area contributed by atoms with Crippen LogP contribution in [0.5, 0.6) is 0 Å². The van der Waals surface area contributed by atoms with Crippen LogP contribution in [-0.2, 0) is 13.1 Å². The van der Waals surface area contributed by atoms with Crippen LogP contribution in [0.1, 0.15) is 35.9 Å². The fraction of sp³-hybridized carbons (Fsp3) is 0.429. The number of rotatable bonds is 3. The summed E-state index contributed by atoms with van der Waals surface area (Å²) >= 11 is 0. The van der Waals surface area contributed by atoms with Crippen LogP contribution in [0.15, 0.2) is 33.6 Å². The average molecular weight is 259 g/mol. The van der Waals surface area contributed by atoms with Crippen LogP contribution in [-0.4, -0.2) is 9.78 Å². The van der Waals surface area contributed by atoms with Crippen molar-refractivity contribution >= 4 is 0 Å². The largest absolute Gasteiger partial charge is 0.427 e. The second-order valence-corrected chi connectivity index (χ2v) is 4.98. The normalized spacial score (nSPS) is 18.3. The first kappa shape index (κ1) is 12.2. The lowest BCUT2D eigenvalue weighted by Crippen LogP contribution is -2.27. The van der Waals surface area contributed by atoms with E-state index in [1.54, 1.807) is 0 Å². The number of nitrogens with one attached hydrogen (secondary N) is 1. The Labute approximate surface area is 111 Å². The predicted molar refractivity (Wildman–Crippen MR) is 70.8 cm³/mol. The molecule has 0 saturated heterocycles. The van der Waals surface area contributed by atoms with Gasteiger partial charge in [-0.3, -0.25) is 4.68 Å². The summed E-state index contributed by atoms with van der Waals surface area (Å²) in [6, 6.07) is 5.72. The van der Waals surface area contributed by atoms with Crippen LogP contribution in [0.4, 0.5) is 0 Å². The van der Waals surface area contributed by atoms with Gasteiger partial charge in [0.25, 0.3) is 0 Å². The number of aryl methyl sites for hydroxylation is 2. The molecule has 0 aliphatic carbocycles. The van der Waals surface area contributed by atoms with E-state index in [2.05, 4.69) is 10.4 Å². The fourth-order valence-electron chi connectivity index (χ4n) is 2.61. The summed E-state index contributed by atoms with van der Waals surface area (Å²) in [6.07, 6.45) is 4.04. The number of fused-ring (bicyclic) bond motifs is 1. The molecule has 0 fully saturated rings. The van der Waals surface area contributed by atoms with Crippen molar-refractivity contribution in [2.24, 2.45) is 0 Å². The van der Waals surface area contributed by atoms with E-state index >= 15 is 0 Å². The standard InChI is InChI=1S/C14H17N3O2/c1-10-7-11(19-14(18)8-10)9-15-12-3-2-6-17-13(12)4-5-16-17/h4-5,7-8,12,15H,2-3,6,9H2,1H3. The molecule has 2 aromatic rings. The quantitative estimate of drug-likeness (QED) is 0.912. The van der Waals surface area contributed by atoms with Gasteiger partial charge in [-0.15, -0.1) is 0 Å². The van der Waals surface area contributed by atoms with Crippen LogP contribution in [0, 0.1) is 6.92 Å². The first-order valence-electron chi connectivity index (χ1n) is 6.58. The summed E-state index contributed by atoms with van der Waals surface area (Å²) < 4.78 is 7.21. The molecule has 1 aliphatic rings. The van der Waals surface area contributed by atoms with Crippen molar-refractivity contribution < 1.29 is 4.42 Å². The third kappa shape index (κ3) is 2.61. The highest BCUT2D eigenvalue weighted by molar-refractivity contribution is 5.13. The second-order valence-electron chi connectivity index (χ2n) is 4.98. The first-order chi connectivity index (χ1) is 9.22. The summed E-state index contributed by atoms with van der Waals surface area (Å²) in [5.41, 5.74) is 1.86. The molecule has 1 aliphatic heterocycles.